The number of amides is 2. The number of carbonyl (C=O) groups is 2. The first-order chi connectivity index (χ1) is 9.42. The van der Waals surface area contributed by atoms with Gasteiger partial charge in [-0.3, -0.25) is 4.79 Å². The monoisotopic (exact) mass is 318 g/mol. The molecule has 0 aromatic carbocycles. The van der Waals surface area contributed by atoms with Crippen molar-refractivity contribution < 1.29 is 22.7 Å². The van der Waals surface area contributed by atoms with Crippen molar-refractivity contribution >= 4 is 22.0 Å². The van der Waals surface area contributed by atoms with Crippen LogP contribution >= 0.6 is 0 Å². The van der Waals surface area contributed by atoms with Crippen LogP contribution < -0.4 is 0 Å². The minimum atomic E-state index is -3.20. The molecule has 120 valence electrons. The van der Waals surface area contributed by atoms with Crippen molar-refractivity contribution in [3.63, 3.8) is 0 Å². The van der Waals surface area contributed by atoms with Gasteiger partial charge in [0.05, 0.1) is 6.26 Å². The van der Waals surface area contributed by atoms with E-state index in [1.807, 2.05) is 0 Å². The van der Waals surface area contributed by atoms with E-state index in [1.54, 1.807) is 20.8 Å². The molecular weight excluding hydrogens is 296 g/mol. The number of carbonyl (C=O) groups excluding carboxylic acids is 2. The van der Waals surface area contributed by atoms with Gasteiger partial charge in [-0.05, 0) is 27.2 Å². The normalized spacial score (nSPS) is 23.0. The Morgan fingerprint density at radius 1 is 1.29 bits per heavy atom. The van der Waals surface area contributed by atoms with Gasteiger partial charge in [0.25, 0.3) is 0 Å². The Labute approximate surface area is 125 Å². The van der Waals surface area contributed by atoms with Crippen LogP contribution in [0, 0.1) is 5.41 Å². The van der Waals surface area contributed by atoms with Crippen molar-refractivity contribution in [3.8, 4) is 0 Å². The van der Waals surface area contributed by atoms with Gasteiger partial charge < -0.3 is 4.74 Å². The number of likely N-dealkylation sites (tertiary alicyclic amines) is 1. The number of sulfonamides is 1. The Bertz CT molecular complexity index is 558. The third-order valence-electron chi connectivity index (χ3n) is 3.80. The second-order valence-electron chi connectivity index (χ2n) is 6.98. The quantitative estimate of drug-likeness (QED) is 0.714. The molecule has 2 fully saturated rings. The van der Waals surface area contributed by atoms with E-state index in [0.29, 0.717) is 19.5 Å². The van der Waals surface area contributed by atoms with Gasteiger partial charge in [0.2, 0.25) is 15.9 Å². The summed E-state index contributed by atoms with van der Waals surface area (Å²) in [5.74, 6) is -0.288. The first-order valence-corrected chi connectivity index (χ1v) is 8.75. The number of hydrogen-bond acceptors (Lipinski definition) is 5. The highest BCUT2D eigenvalue weighted by Gasteiger charge is 2.51. The zero-order valence-corrected chi connectivity index (χ0v) is 13.7. The molecule has 0 saturated carbocycles. The van der Waals surface area contributed by atoms with Crippen LogP contribution in [0.1, 0.15) is 33.6 Å². The summed E-state index contributed by atoms with van der Waals surface area (Å²) in [6.07, 6.45) is 1.35. The average molecular weight is 318 g/mol. The van der Waals surface area contributed by atoms with Crippen LogP contribution in [-0.4, -0.2) is 61.1 Å². The zero-order valence-electron chi connectivity index (χ0n) is 12.9. The van der Waals surface area contributed by atoms with E-state index in [9.17, 15) is 18.0 Å². The highest BCUT2D eigenvalue weighted by atomic mass is 32.2. The predicted molar refractivity (Wildman–Crippen MR) is 76.0 cm³/mol. The molecule has 2 heterocycles. The van der Waals surface area contributed by atoms with Crippen LogP contribution in [0.4, 0.5) is 4.79 Å². The van der Waals surface area contributed by atoms with Crippen LogP contribution in [0.5, 0.6) is 0 Å². The van der Waals surface area contributed by atoms with E-state index in [1.165, 1.54) is 4.31 Å². The van der Waals surface area contributed by atoms with Gasteiger partial charge in [-0.2, -0.15) is 0 Å². The lowest BCUT2D eigenvalue weighted by Crippen LogP contribution is -2.63. The molecule has 1 spiro atoms. The number of hydrogen-bond donors (Lipinski definition) is 0. The number of nitrogens with zero attached hydrogens (tertiary/aromatic N) is 2. The topological polar surface area (TPSA) is 84.0 Å². The molecule has 8 heteroatoms. The van der Waals surface area contributed by atoms with Crippen molar-refractivity contribution in [3.05, 3.63) is 0 Å². The van der Waals surface area contributed by atoms with Crippen molar-refractivity contribution in [1.29, 1.82) is 0 Å². The molecule has 0 aromatic rings. The van der Waals surface area contributed by atoms with Crippen molar-refractivity contribution in [2.24, 2.45) is 5.41 Å². The summed E-state index contributed by atoms with van der Waals surface area (Å²) in [5, 5.41) is 0. The number of imide groups is 1. The molecule has 2 saturated heterocycles. The molecule has 2 aliphatic rings. The van der Waals surface area contributed by atoms with E-state index in [4.69, 9.17) is 4.74 Å². The lowest BCUT2D eigenvalue weighted by atomic mass is 9.73. The molecule has 0 bridgehead atoms. The average Bonchev–Trinajstić information content (AvgIpc) is 2.21. The van der Waals surface area contributed by atoms with E-state index >= 15 is 0 Å². The minimum Gasteiger partial charge on any atom is -0.443 e. The lowest BCUT2D eigenvalue weighted by Gasteiger charge is -2.51. The molecule has 0 atom stereocenters. The molecule has 2 rings (SSSR count). The fourth-order valence-electron chi connectivity index (χ4n) is 2.69. The summed E-state index contributed by atoms with van der Waals surface area (Å²) in [4.78, 5) is 25.2. The van der Waals surface area contributed by atoms with E-state index in [0.717, 1.165) is 11.2 Å². The van der Waals surface area contributed by atoms with Gasteiger partial charge in [-0.15, -0.1) is 0 Å². The lowest BCUT2D eigenvalue weighted by molar-refractivity contribution is -0.140. The Kier molecular flexibility index (Phi) is 3.82. The molecule has 2 aliphatic heterocycles. The van der Waals surface area contributed by atoms with Gasteiger partial charge >= 0.3 is 6.09 Å². The van der Waals surface area contributed by atoms with E-state index in [-0.39, 0.29) is 24.3 Å². The second-order valence-corrected chi connectivity index (χ2v) is 8.97. The maximum atomic E-state index is 12.1. The largest absolute Gasteiger partial charge is 0.443 e. The van der Waals surface area contributed by atoms with Crippen LogP contribution in [0.3, 0.4) is 0 Å². The van der Waals surface area contributed by atoms with Gasteiger partial charge in [-0.1, -0.05) is 0 Å². The van der Waals surface area contributed by atoms with Crippen LogP contribution in [-0.2, 0) is 19.6 Å². The Morgan fingerprint density at radius 2 is 1.86 bits per heavy atom. The molecule has 0 aliphatic carbocycles. The molecule has 0 aromatic heterocycles. The van der Waals surface area contributed by atoms with Crippen molar-refractivity contribution in [1.82, 2.24) is 9.21 Å². The predicted octanol–water partition coefficient (Wildman–Crippen LogP) is 0.806. The highest BCUT2D eigenvalue weighted by molar-refractivity contribution is 7.88. The molecule has 2 amide bonds. The standard InChI is InChI=1S/C13H22N2O5S/c1-12(2,3)20-11(17)15-6-5-13(7-10(15)16)8-14(9-13)21(4,18)19/h5-9H2,1-4H3. The van der Waals surface area contributed by atoms with Crippen LogP contribution in [0.15, 0.2) is 0 Å². The number of rotatable bonds is 1. The maximum absolute atomic E-state index is 12.1. The summed E-state index contributed by atoms with van der Waals surface area (Å²) in [6.45, 7) is 6.25. The highest BCUT2D eigenvalue weighted by Crippen LogP contribution is 2.42. The molecule has 0 radical (unpaired) electrons. The smallest absolute Gasteiger partial charge is 0.417 e. The second kappa shape index (κ2) is 4.95. The molecule has 0 N–H and O–H groups in total. The van der Waals surface area contributed by atoms with Crippen LogP contribution in [0.25, 0.3) is 0 Å². The number of ether oxygens (including phenoxy) is 1. The fraction of sp³-hybridized carbons (Fsp3) is 0.846. The van der Waals surface area contributed by atoms with Gasteiger partial charge in [-0.25, -0.2) is 22.4 Å². The van der Waals surface area contributed by atoms with E-state index in [2.05, 4.69) is 0 Å². The zero-order chi connectivity index (χ0) is 16.1. The Hall–Kier alpha value is -1.15. The molecule has 0 unspecified atom stereocenters. The molecule has 7 nitrogen and oxygen atoms in total. The summed E-state index contributed by atoms with van der Waals surface area (Å²) in [7, 11) is -3.20. The number of piperidine rings is 1. The first-order valence-electron chi connectivity index (χ1n) is 6.90. The fourth-order valence-corrected chi connectivity index (χ4v) is 3.71. The van der Waals surface area contributed by atoms with Crippen molar-refractivity contribution in [2.45, 2.75) is 39.2 Å². The maximum Gasteiger partial charge on any atom is 0.417 e. The molecular formula is C13H22N2O5S. The summed E-state index contributed by atoms with van der Waals surface area (Å²) >= 11 is 0. The van der Waals surface area contributed by atoms with Gasteiger partial charge in [0.15, 0.2) is 0 Å². The van der Waals surface area contributed by atoms with Crippen LogP contribution in [0.2, 0.25) is 0 Å². The van der Waals surface area contributed by atoms with E-state index < -0.39 is 21.7 Å². The van der Waals surface area contributed by atoms with Gasteiger partial charge in [0, 0.05) is 31.5 Å². The Balaban J connectivity index is 1.95. The van der Waals surface area contributed by atoms with Crippen molar-refractivity contribution in [2.75, 3.05) is 25.9 Å². The minimum absolute atomic E-state index is 0.193. The third-order valence-corrected chi connectivity index (χ3v) is 5.00. The summed E-state index contributed by atoms with van der Waals surface area (Å²) < 4.78 is 29.4. The SMILES string of the molecule is CC(C)(C)OC(=O)N1CCC2(CC1=O)CN(S(C)(=O)=O)C2. The molecule has 21 heavy (non-hydrogen) atoms. The first kappa shape index (κ1) is 16.2. The summed E-state index contributed by atoms with van der Waals surface area (Å²) in [5.41, 5.74) is -0.950. The summed E-state index contributed by atoms with van der Waals surface area (Å²) in [6, 6.07) is 0. The van der Waals surface area contributed by atoms with Gasteiger partial charge in [0.1, 0.15) is 5.60 Å². The third kappa shape index (κ3) is 3.55. The Morgan fingerprint density at radius 3 is 2.29 bits per heavy atom.